The molecule has 0 saturated carbocycles. The normalized spacial score (nSPS) is 11.8. The number of amides is 2. The van der Waals surface area contributed by atoms with Crippen LogP contribution >= 0.6 is 0 Å². The summed E-state index contributed by atoms with van der Waals surface area (Å²) >= 11 is 0. The van der Waals surface area contributed by atoms with Crippen LogP contribution < -0.4 is 11.1 Å². The highest BCUT2D eigenvalue weighted by atomic mass is 19.1. The summed E-state index contributed by atoms with van der Waals surface area (Å²) in [6, 6.07) is 5.55. The van der Waals surface area contributed by atoms with E-state index in [1.54, 1.807) is 12.1 Å². The maximum Gasteiger partial charge on any atom is 0.239 e. The van der Waals surface area contributed by atoms with Gasteiger partial charge < -0.3 is 11.1 Å². The summed E-state index contributed by atoms with van der Waals surface area (Å²) < 4.78 is 12.6. The molecule has 1 unspecified atom stereocenters. The van der Waals surface area contributed by atoms with Gasteiger partial charge in [0.05, 0.1) is 0 Å². The van der Waals surface area contributed by atoms with Crippen molar-refractivity contribution in [1.29, 1.82) is 0 Å². The van der Waals surface area contributed by atoms with Crippen LogP contribution in [-0.2, 0) is 16.0 Å². The molecule has 92 valence electrons. The molecule has 1 rings (SSSR count). The summed E-state index contributed by atoms with van der Waals surface area (Å²) in [5.41, 5.74) is 6.10. The molecule has 0 aliphatic heterocycles. The van der Waals surface area contributed by atoms with Crippen molar-refractivity contribution < 1.29 is 14.0 Å². The minimum atomic E-state index is -0.632. The van der Waals surface area contributed by atoms with Gasteiger partial charge in [0.25, 0.3) is 0 Å². The average Bonchev–Trinajstić information content (AvgIpc) is 2.30. The predicted octanol–water partition coefficient (Wildman–Crippen LogP) is 0.748. The van der Waals surface area contributed by atoms with E-state index in [0.717, 1.165) is 5.56 Å². The summed E-state index contributed by atoms with van der Waals surface area (Å²) in [7, 11) is 0. The fourth-order valence-corrected chi connectivity index (χ4v) is 1.55. The Morgan fingerprint density at radius 2 is 2.06 bits per heavy atom. The zero-order valence-corrected chi connectivity index (χ0v) is 9.36. The lowest BCUT2D eigenvalue weighted by molar-refractivity contribution is -0.122. The lowest BCUT2D eigenvalue weighted by atomic mass is 10.0. The van der Waals surface area contributed by atoms with Crippen molar-refractivity contribution >= 4 is 12.3 Å². The van der Waals surface area contributed by atoms with Gasteiger partial charge >= 0.3 is 0 Å². The van der Waals surface area contributed by atoms with Crippen LogP contribution in [-0.4, -0.2) is 18.4 Å². The fourth-order valence-electron chi connectivity index (χ4n) is 1.55. The number of benzene rings is 1. The average molecular weight is 238 g/mol. The van der Waals surface area contributed by atoms with Crippen LogP contribution in [0.3, 0.4) is 0 Å². The van der Waals surface area contributed by atoms with Crippen LogP contribution in [0.25, 0.3) is 0 Å². The minimum absolute atomic E-state index is 0.272. The zero-order valence-electron chi connectivity index (χ0n) is 9.36. The molecule has 0 aliphatic rings. The number of nitrogens with one attached hydrogen (secondary N) is 1. The van der Waals surface area contributed by atoms with Gasteiger partial charge in [-0.05, 0) is 37.0 Å². The smallest absolute Gasteiger partial charge is 0.239 e. The van der Waals surface area contributed by atoms with E-state index in [1.807, 2.05) is 0 Å². The van der Waals surface area contributed by atoms with Gasteiger partial charge in [-0.25, -0.2) is 4.39 Å². The standard InChI is InChI=1S/C12H15FN2O2/c13-10-6-4-9(5-7-10)2-1-3-11(12(14)17)15-8-16/h4-8,11H,1-3H2,(H2,14,17)(H,15,16). The molecule has 0 fully saturated rings. The molecule has 0 aliphatic carbocycles. The van der Waals surface area contributed by atoms with E-state index >= 15 is 0 Å². The number of hydrogen-bond acceptors (Lipinski definition) is 2. The van der Waals surface area contributed by atoms with Crippen LogP contribution in [0.1, 0.15) is 18.4 Å². The lowest BCUT2D eigenvalue weighted by Crippen LogP contribution is -2.40. The summed E-state index contributed by atoms with van der Waals surface area (Å²) in [4.78, 5) is 21.2. The molecule has 0 saturated heterocycles. The van der Waals surface area contributed by atoms with Crippen molar-refractivity contribution in [2.24, 2.45) is 5.73 Å². The Morgan fingerprint density at radius 1 is 1.41 bits per heavy atom. The van der Waals surface area contributed by atoms with E-state index in [4.69, 9.17) is 5.73 Å². The number of primary amides is 1. The number of halogens is 1. The minimum Gasteiger partial charge on any atom is -0.368 e. The Morgan fingerprint density at radius 3 is 2.59 bits per heavy atom. The molecule has 0 spiro atoms. The SMILES string of the molecule is NC(=O)C(CCCc1ccc(F)cc1)NC=O. The summed E-state index contributed by atoms with van der Waals surface area (Å²) in [6.45, 7) is 0. The highest BCUT2D eigenvalue weighted by Gasteiger charge is 2.12. The first-order valence-corrected chi connectivity index (χ1v) is 5.37. The number of nitrogens with two attached hydrogens (primary N) is 1. The number of carbonyl (C=O) groups excluding carboxylic acids is 2. The van der Waals surface area contributed by atoms with Crippen molar-refractivity contribution in [2.75, 3.05) is 0 Å². The monoisotopic (exact) mass is 238 g/mol. The maximum atomic E-state index is 12.6. The Bertz CT molecular complexity index is 379. The Kier molecular flexibility index (Phi) is 5.13. The molecule has 4 nitrogen and oxygen atoms in total. The molecule has 0 radical (unpaired) electrons. The van der Waals surface area contributed by atoms with E-state index in [0.29, 0.717) is 25.7 Å². The van der Waals surface area contributed by atoms with Crippen LogP contribution in [0.5, 0.6) is 0 Å². The largest absolute Gasteiger partial charge is 0.368 e. The molecule has 5 heteroatoms. The first kappa shape index (κ1) is 13.2. The second-order valence-electron chi connectivity index (χ2n) is 3.76. The van der Waals surface area contributed by atoms with Crippen molar-refractivity contribution in [3.63, 3.8) is 0 Å². The third kappa shape index (κ3) is 4.63. The van der Waals surface area contributed by atoms with Crippen molar-refractivity contribution in [2.45, 2.75) is 25.3 Å². The van der Waals surface area contributed by atoms with Gasteiger partial charge in [-0.3, -0.25) is 9.59 Å². The van der Waals surface area contributed by atoms with Crippen molar-refractivity contribution in [3.05, 3.63) is 35.6 Å². The molecular weight excluding hydrogens is 223 g/mol. The third-order valence-electron chi connectivity index (χ3n) is 2.48. The predicted molar refractivity (Wildman–Crippen MR) is 61.5 cm³/mol. The third-order valence-corrected chi connectivity index (χ3v) is 2.48. The molecule has 1 aromatic rings. The number of carbonyl (C=O) groups is 2. The molecule has 0 heterocycles. The summed E-state index contributed by atoms with van der Waals surface area (Å²) in [5, 5.41) is 2.36. The summed E-state index contributed by atoms with van der Waals surface area (Å²) in [5.74, 6) is -0.817. The first-order chi connectivity index (χ1) is 8.13. The zero-order chi connectivity index (χ0) is 12.7. The van der Waals surface area contributed by atoms with Gasteiger partial charge in [-0.15, -0.1) is 0 Å². The number of hydrogen-bond donors (Lipinski definition) is 2. The quantitative estimate of drug-likeness (QED) is 0.688. The Labute approximate surface area is 99.0 Å². The van der Waals surface area contributed by atoms with Crippen LogP contribution in [0, 0.1) is 5.82 Å². The molecule has 0 bridgehead atoms. The number of aryl methyl sites for hydroxylation is 1. The van der Waals surface area contributed by atoms with Crippen LogP contribution in [0.2, 0.25) is 0 Å². The molecule has 1 aromatic carbocycles. The topological polar surface area (TPSA) is 72.2 Å². The van der Waals surface area contributed by atoms with E-state index < -0.39 is 11.9 Å². The molecule has 17 heavy (non-hydrogen) atoms. The van der Waals surface area contributed by atoms with E-state index in [-0.39, 0.29) is 5.82 Å². The first-order valence-electron chi connectivity index (χ1n) is 5.37. The second-order valence-corrected chi connectivity index (χ2v) is 3.76. The Hall–Kier alpha value is -1.91. The Balaban J connectivity index is 2.37. The van der Waals surface area contributed by atoms with E-state index in [1.165, 1.54) is 12.1 Å². The van der Waals surface area contributed by atoms with E-state index in [9.17, 15) is 14.0 Å². The summed E-state index contributed by atoms with van der Waals surface area (Å²) in [6.07, 6.45) is 2.35. The molecule has 3 N–H and O–H groups in total. The van der Waals surface area contributed by atoms with Crippen molar-refractivity contribution in [3.8, 4) is 0 Å². The molecule has 2 amide bonds. The highest BCUT2D eigenvalue weighted by Crippen LogP contribution is 2.08. The van der Waals surface area contributed by atoms with Gasteiger partial charge in [0.1, 0.15) is 11.9 Å². The van der Waals surface area contributed by atoms with Crippen molar-refractivity contribution in [1.82, 2.24) is 5.32 Å². The van der Waals surface area contributed by atoms with Gasteiger partial charge in [-0.1, -0.05) is 12.1 Å². The van der Waals surface area contributed by atoms with Crippen LogP contribution in [0.4, 0.5) is 4.39 Å². The molecular formula is C12H15FN2O2. The lowest BCUT2D eigenvalue weighted by Gasteiger charge is -2.11. The van der Waals surface area contributed by atoms with Gasteiger partial charge in [0, 0.05) is 0 Å². The maximum absolute atomic E-state index is 12.6. The second kappa shape index (κ2) is 6.62. The molecule has 0 aromatic heterocycles. The number of rotatable bonds is 7. The van der Waals surface area contributed by atoms with Crippen LogP contribution in [0.15, 0.2) is 24.3 Å². The fraction of sp³-hybridized carbons (Fsp3) is 0.333. The van der Waals surface area contributed by atoms with Gasteiger partial charge in [0.2, 0.25) is 12.3 Å². The van der Waals surface area contributed by atoms with Gasteiger partial charge in [0.15, 0.2) is 0 Å². The highest BCUT2D eigenvalue weighted by molar-refractivity contribution is 5.81. The van der Waals surface area contributed by atoms with E-state index in [2.05, 4.69) is 5.32 Å². The van der Waals surface area contributed by atoms with Gasteiger partial charge in [-0.2, -0.15) is 0 Å². The molecule has 1 atom stereocenters.